The molecule has 3 N–H and O–H groups in total. The quantitative estimate of drug-likeness (QED) is 0.808. The standard InChI is InChI=1S/C19H23N3O2/c23-18(21-14-7-8-14)13-4-1-5-15(11-13)22-19(24)16-6-2-3-12-9-10-20-17(12)16/h2-3,6,9-10,13-15,20H,1,4-5,7-8,11H2,(H,21,23)(H,22,24)/t13-,15-/m0/s1. The average molecular weight is 325 g/mol. The first kappa shape index (κ1) is 15.2. The smallest absolute Gasteiger partial charge is 0.253 e. The van der Waals surface area contributed by atoms with Gasteiger partial charge in [0.2, 0.25) is 5.91 Å². The number of nitrogens with one attached hydrogen (secondary N) is 3. The number of aromatic nitrogens is 1. The fourth-order valence-electron chi connectivity index (χ4n) is 3.64. The first-order valence-electron chi connectivity index (χ1n) is 8.88. The number of amides is 2. The van der Waals surface area contributed by atoms with Crippen molar-refractivity contribution in [1.29, 1.82) is 0 Å². The van der Waals surface area contributed by atoms with Crippen LogP contribution < -0.4 is 10.6 Å². The number of fused-ring (bicyclic) bond motifs is 1. The summed E-state index contributed by atoms with van der Waals surface area (Å²) in [6.45, 7) is 0. The van der Waals surface area contributed by atoms with Crippen molar-refractivity contribution in [2.24, 2.45) is 5.92 Å². The molecule has 0 aliphatic heterocycles. The van der Waals surface area contributed by atoms with Crippen LogP contribution in [0.25, 0.3) is 10.9 Å². The highest BCUT2D eigenvalue weighted by molar-refractivity contribution is 6.05. The number of benzene rings is 1. The van der Waals surface area contributed by atoms with E-state index in [2.05, 4.69) is 15.6 Å². The number of rotatable bonds is 4. The topological polar surface area (TPSA) is 74.0 Å². The van der Waals surface area contributed by atoms with Crippen molar-refractivity contribution in [1.82, 2.24) is 15.6 Å². The Kier molecular flexibility index (Phi) is 4.00. The minimum Gasteiger partial charge on any atom is -0.361 e. The van der Waals surface area contributed by atoms with Gasteiger partial charge < -0.3 is 15.6 Å². The third-order valence-corrected chi connectivity index (χ3v) is 5.14. The summed E-state index contributed by atoms with van der Waals surface area (Å²) in [5.41, 5.74) is 1.54. The van der Waals surface area contributed by atoms with Crippen molar-refractivity contribution in [3.63, 3.8) is 0 Å². The minimum absolute atomic E-state index is 0.0333. The lowest BCUT2D eigenvalue weighted by molar-refractivity contribution is -0.126. The molecular formula is C19H23N3O2. The second-order valence-electron chi connectivity index (χ2n) is 7.06. The second-order valence-corrected chi connectivity index (χ2v) is 7.06. The maximum atomic E-state index is 12.7. The highest BCUT2D eigenvalue weighted by Crippen LogP contribution is 2.27. The van der Waals surface area contributed by atoms with Gasteiger partial charge in [0.15, 0.2) is 0 Å². The van der Waals surface area contributed by atoms with Gasteiger partial charge in [-0.15, -0.1) is 0 Å². The van der Waals surface area contributed by atoms with Crippen molar-refractivity contribution >= 4 is 22.7 Å². The van der Waals surface area contributed by atoms with Gasteiger partial charge in [-0.1, -0.05) is 18.6 Å². The monoisotopic (exact) mass is 325 g/mol. The molecule has 2 fully saturated rings. The fraction of sp³-hybridized carbons (Fsp3) is 0.474. The highest BCUT2D eigenvalue weighted by Gasteiger charge is 2.31. The summed E-state index contributed by atoms with van der Waals surface area (Å²) < 4.78 is 0. The Bertz CT molecular complexity index is 763. The molecule has 0 saturated heterocycles. The molecule has 0 unspecified atom stereocenters. The van der Waals surface area contributed by atoms with E-state index in [0.717, 1.165) is 49.4 Å². The van der Waals surface area contributed by atoms with Gasteiger partial charge in [-0.05, 0) is 44.2 Å². The van der Waals surface area contributed by atoms with E-state index in [-0.39, 0.29) is 23.8 Å². The number of hydrogen-bond acceptors (Lipinski definition) is 2. The van der Waals surface area contributed by atoms with Crippen LogP contribution in [0.2, 0.25) is 0 Å². The van der Waals surface area contributed by atoms with Crippen molar-refractivity contribution < 1.29 is 9.59 Å². The van der Waals surface area contributed by atoms with Gasteiger partial charge in [-0.3, -0.25) is 9.59 Å². The molecule has 2 amide bonds. The molecule has 2 aromatic rings. The molecular weight excluding hydrogens is 302 g/mol. The van der Waals surface area contributed by atoms with Crippen LogP contribution in [0.3, 0.4) is 0 Å². The molecule has 0 radical (unpaired) electrons. The number of carbonyl (C=O) groups is 2. The zero-order valence-electron chi connectivity index (χ0n) is 13.7. The van der Waals surface area contributed by atoms with Crippen LogP contribution in [0.15, 0.2) is 30.5 Å². The molecule has 2 saturated carbocycles. The third kappa shape index (κ3) is 3.16. The molecule has 24 heavy (non-hydrogen) atoms. The predicted octanol–water partition coefficient (Wildman–Crippen LogP) is 2.74. The molecule has 2 aliphatic rings. The zero-order valence-corrected chi connectivity index (χ0v) is 13.7. The van der Waals surface area contributed by atoms with E-state index < -0.39 is 0 Å². The van der Waals surface area contributed by atoms with Crippen LogP contribution in [0.1, 0.15) is 48.9 Å². The van der Waals surface area contributed by atoms with E-state index in [1.807, 2.05) is 30.5 Å². The summed E-state index contributed by atoms with van der Waals surface area (Å²) in [5, 5.41) is 7.26. The number of carbonyl (C=O) groups excluding carboxylic acids is 2. The normalized spacial score (nSPS) is 23.8. The molecule has 0 spiro atoms. The molecule has 5 nitrogen and oxygen atoms in total. The van der Waals surface area contributed by atoms with Gasteiger partial charge in [0.25, 0.3) is 5.91 Å². The Morgan fingerprint density at radius 2 is 1.88 bits per heavy atom. The average Bonchev–Trinajstić information content (AvgIpc) is 3.27. The first-order valence-corrected chi connectivity index (χ1v) is 8.88. The van der Waals surface area contributed by atoms with Crippen LogP contribution >= 0.6 is 0 Å². The summed E-state index contributed by atoms with van der Waals surface area (Å²) in [4.78, 5) is 28.1. The lowest BCUT2D eigenvalue weighted by Gasteiger charge is -2.29. The Labute approximate surface area is 141 Å². The number of hydrogen-bond donors (Lipinski definition) is 3. The fourth-order valence-corrected chi connectivity index (χ4v) is 3.64. The van der Waals surface area contributed by atoms with Crippen molar-refractivity contribution in [3.05, 3.63) is 36.0 Å². The molecule has 0 bridgehead atoms. The molecule has 126 valence electrons. The largest absolute Gasteiger partial charge is 0.361 e. The SMILES string of the molecule is O=C(N[C@H]1CCC[C@H](C(=O)NC2CC2)C1)c1cccc2cc[nH]c12. The van der Waals surface area contributed by atoms with Gasteiger partial charge in [0, 0.05) is 29.6 Å². The summed E-state index contributed by atoms with van der Waals surface area (Å²) in [5.74, 6) is 0.144. The maximum Gasteiger partial charge on any atom is 0.253 e. The van der Waals surface area contributed by atoms with Crippen LogP contribution in [0.4, 0.5) is 0 Å². The Morgan fingerprint density at radius 1 is 1.00 bits per heavy atom. The molecule has 1 aromatic carbocycles. The number of para-hydroxylation sites is 1. The van der Waals surface area contributed by atoms with E-state index in [1.165, 1.54) is 0 Å². The van der Waals surface area contributed by atoms with Gasteiger partial charge >= 0.3 is 0 Å². The van der Waals surface area contributed by atoms with E-state index in [0.29, 0.717) is 11.6 Å². The first-order chi connectivity index (χ1) is 11.7. The Morgan fingerprint density at radius 3 is 2.71 bits per heavy atom. The van der Waals surface area contributed by atoms with Crippen LogP contribution in [0.5, 0.6) is 0 Å². The van der Waals surface area contributed by atoms with Crippen LogP contribution in [-0.2, 0) is 4.79 Å². The number of H-pyrrole nitrogens is 1. The molecule has 4 rings (SSSR count). The van der Waals surface area contributed by atoms with Crippen LogP contribution in [-0.4, -0.2) is 28.9 Å². The summed E-state index contributed by atoms with van der Waals surface area (Å²) in [6.07, 6.45) is 7.67. The van der Waals surface area contributed by atoms with E-state index in [1.54, 1.807) is 0 Å². The maximum absolute atomic E-state index is 12.7. The van der Waals surface area contributed by atoms with Gasteiger partial charge in [-0.2, -0.15) is 0 Å². The van der Waals surface area contributed by atoms with E-state index in [9.17, 15) is 9.59 Å². The molecule has 2 aliphatic carbocycles. The highest BCUT2D eigenvalue weighted by atomic mass is 16.2. The summed E-state index contributed by atoms with van der Waals surface area (Å²) in [7, 11) is 0. The minimum atomic E-state index is -0.0590. The molecule has 1 heterocycles. The Balaban J connectivity index is 1.41. The van der Waals surface area contributed by atoms with Gasteiger partial charge in [0.1, 0.15) is 0 Å². The number of aromatic amines is 1. The lowest BCUT2D eigenvalue weighted by atomic mass is 9.85. The molecule has 5 heteroatoms. The van der Waals surface area contributed by atoms with Gasteiger partial charge in [-0.25, -0.2) is 0 Å². The molecule has 2 atom stereocenters. The predicted molar refractivity (Wildman–Crippen MR) is 92.7 cm³/mol. The lowest BCUT2D eigenvalue weighted by Crippen LogP contribution is -2.42. The summed E-state index contributed by atoms with van der Waals surface area (Å²) >= 11 is 0. The van der Waals surface area contributed by atoms with Crippen molar-refractivity contribution in [2.45, 2.75) is 50.6 Å². The van der Waals surface area contributed by atoms with E-state index >= 15 is 0 Å². The Hall–Kier alpha value is -2.30. The summed E-state index contributed by atoms with van der Waals surface area (Å²) in [6, 6.07) is 8.17. The third-order valence-electron chi connectivity index (χ3n) is 5.14. The second kappa shape index (κ2) is 6.30. The van der Waals surface area contributed by atoms with Crippen molar-refractivity contribution in [3.8, 4) is 0 Å². The van der Waals surface area contributed by atoms with Crippen LogP contribution in [0, 0.1) is 5.92 Å². The zero-order chi connectivity index (χ0) is 16.5. The van der Waals surface area contributed by atoms with Crippen molar-refractivity contribution in [2.75, 3.05) is 0 Å². The van der Waals surface area contributed by atoms with E-state index in [4.69, 9.17) is 0 Å². The van der Waals surface area contributed by atoms with Gasteiger partial charge in [0.05, 0.1) is 11.1 Å². The molecule has 1 aromatic heterocycles.